The van der Waals surface area contributed by atoms with Crippen LogP contribution >= 0.6 is 11.5 Å². The second-order valence-corrected chi connectivity index (χ2v) is 7.57. The molecule has 1 aromatic heterocycles. The van der Waals surface area contributed by atoms with Crippen LogP contribution in [-0.4, -0.2) is 34.9 Å². The second-order valence-electron chi connectivity index (χ2n) is 4.93. The van der Waals surface area contributed by atoms with E-state index >= 15 is 0 Å². The van der Waals surface area contributed by atoms with Crippen molar-refractivity contribution in [1.29, 1.82) is 0 Å². The quantitative estimate of drug-likeness (QED) is 0.826. The molecule has 0 radical (unpaired) electrons. The number of aliphatic carboxylic acids is 1. The Labute approximate surface area is 132 Å². The number of rotatable bonds is 6. The minimum absolute atomic E-state index is 0.252. The average Bonchev–Trinajstić information content (AvgIpc) is 2.96. The Hall–Kier alpha value is -1.84. The first kappa shape index (κ1) is 16.5. The lowest BCUT2D eigenvalue weighted by atomic mass is 10.1. The Morgan fingerprint density at radius 2 is 1.91 bits per heavy atom. The molecule has 2 rings (SSSR count). The molecule has 0 spiro atoms. The molecule has 1 heterocycles. The molecule has 2 aromatic rings. The summed E-state index contributed by atoms with van der Waals surface area (Å²) in [4.78, 5) is 15.1. The van der Waals surface area contributed by atoms with Crippen LogP contribution in [0.1, 0.15) is 13.8 Å². The molecule has 0 fully saturated rings. The van der Waals surface area contributed by atoms with Crippen LogP contribution in [-0.2, 0) is 14.8 Å². The number of benzene rings is 1. The number of carbonyl (C=O) groups is 1. The molecule has 1 atom stereocenters. The van der Waals surface area contributed by atoms with E-state index in [-0.39, 0.29) is 4.34 Å². The van der Waals surface area contributed by atoms with Gasteiger partial charge in [-0.2, -0.15) is 9.10 Å². The Bertz CT molecular complexity index is 757. The number of nitrogens with one attached hydrogen (secondary N) is 1. The van der Waals surface area contributed by atoms with E-state index in [1.165, 1.54) is 0 Å². The van der Waals surface area contributed by atoms with Crippen LogP contribution in [0.2, 0.25) is 0 Å². The molecule has 0 amide bonds. The average molecular weight is 341 g/mol. The van der Waals surface area contributed by atoms with Gasteiger partial charge in [0.2, 0.25) is 4.34 Å². The summed E-state index contributed by atoms with van der Waals surface area (Å²) in [5, 5.41) is 9.08. The Kier molecular flexibility index (Phi) is 4.89. The number of nitrogens with zero attached hydrogens (tertiary/aromatic N) is 2. The van der Waals surface area contributed by atoms with Crippen molar-refractivity contribution in [1.82, 2.24) is 14.1 Å². The number of hydrogen-bond donors (Lipinski definition) is 2. The first-order chi connectivity index (χ1) is 10.3. The highest BCUT2D eigenvalue weighted by Crippen LogP contribution is 2.21. The molecule has 118 valence electrons. The summed E-state index contributed by atoms with van der Waals surface area (Å²) in [6.07, 6.45) is 0. The van der Waals surface area contributed by atoms with E-state index in [2.05, 4.69) is 14.1 Å². The van der Waals surface area contributed by atoms with Gasteiger partial charge in [0.15, 0.2) is 5.82 Å². The van der Waals surface area contributed by atoms with Gasteiger partial charge in [0.1, 0.15) is 6.04 Å². The van der Waals surface area contributed by atoms with Gasteiger partial charge in [0, 0.05) is 5.56 Å². The molecule has 0 aliphatic heterocycles. The summed E-state index contributed by atoms with van der Waals surface area (Å²) in [6, 6.07) is 7.73. The largest absolute Gasteiger partial charge is 0.480 e. The van der Waals surface area contributed by atoms with Crippen LogP contribution in [0, 0.1) is 5.92 Å². The van der Waals surface area contributed by atoms with Crippen molar-refractivity contribution in [2.24, 2.45) is 5.92 Å². The van der Waals surface area contributed by atoms with Gasteiger partial charge in [-0.1, -0.05) is 44.2 Å². The third-order valence-corrected chi connectivity index (χ3v) is 5.39. The zero-order valence-corrected chi connectivity index (χ0v) is 13.6. The fraction of sp³-hybridized carbons (Fsp3) is 0.308. The van der Waals surface area contributed by atoms with Crippen LogP contribution < -0.4 is 4.72 Å². The van der Waals surface area contributed by atoms with E-state index in [9.17, 15) is 13.2 Å². The highest BCUT2D eigenvalue weighted by molar-refractivity contribution is 7.91. The normalized spacial score (nSPS) is 13.2. The van der Waals surface area contributed by atoms with Crippen molar-refractivity contribution in [3.63, 3.8) is 0 Å². The molecule has 7 nitrogen and oxygen atoms in total. The first-order valence-electron chi connectivity index (χ1n) is 6.45. The third-order valence-electron chi connectivity index (χ3n) is 2.88. The third kappa shape index (κ3) is 3.67. The zero-order valence-electron chi connectivity index (χ0n) is 11.9. The van der Waals surface area contributed by atoms with Gasteiger partial charge < -0.3 is 5.11 Å². The summed E-state index contributed by atoms with van der Waals surface area (Å²) < 4.78 is 30.4. The number of aromatic nitrogens is 2. The van der Waals surface area contributed by atoms with Crippen molar-refractivity contribution >= 4 is 27.5 Å². The van der Waals surface area contributed by atoms with Gasteiger partial charge in [0.25, 0.3) is 10.0 Å². The smallest absolute Gasteiger partial charge is 0.322 e. The van der Waals surface area contributed by atoms with E-state index in [1.54, 1.807) is 38.1 Å². The van der Waals surface area contributed by atoms with Crippen LogP contribution in [0.25, 0.3) is 11.4 Å². The summed E-state index contributed by atoms with van der Waals surface area (Å²) in [5.74, 6) is -1.33. The first-order valence-corrected chi connectivity index (χ1v) is 8.71. The van der Waals surface area contributed by atoms with Gasteiger partial charge in [-0.25, -0.2) is 13.4 Å². The summed E-state index contributed by atoms with van der Waals surface area (Å²) in [7, 11) is -4.02. The lowest BCUT2D eigenvalue weighted by molar-refractivity contribution is -0.140. The molecule has 0 aliphatic carbocycles. The van der Waals surface area contributed by atoms with Gasteiger partial charge in [0.05, 0.1) is 0 Å². The fourth-order valence-corrected chi connectivity index (χ4v) is 3.81. The van der Waals surface area contributed by atoms with E-state index in [0.717, 1.165) is 0 Å². The van der Waals surface area contributed by atoms with Crippen molar-refractivity contribution in [3.05, 3.63) is 30.3 Å². The second kappa shape index (κ2) is 6.51. The Balaban J connectivity index is 2.28. The monoisotopic (exact) mass is 341 g/mol. The SMILES string of the molecule is CC(C)[C@H](NS(=O)(=O)c1nc(-c2ccccc2)ns1)C(=O)O. The molecule has 0 saturated carbocycles. The van der Waals surface area contributed by atoms with Gasteiger partial charge in [-0.15, -0.1) is 0 Å². The number of carboxylic acid groups (broad SMARTS) is 1. The Morgan fingerprint density at radius 1 is 1.27 bits per heavy atom. The maximum atomic E-state index is 12.2. The lowest BCUT2D eigenvalue weighted by Gasteiger charge is -2.16. The van der Waals surface area contributed by atoms with Crippen molar-refractivity contribution in [2.45, 2.75) is 24.2 Å². The number of carboxylic acids is 1. The van der Waals surface area contributed by atoms with Crippen LogP contribution in [0.15, 0.2) is 34.7 Å². The van der Waals surface area contributed by atoms with Crippen LogP contribution in [0.4, 0.5) is 0 Å². The molecule has 0 saturated heterocycles. The maximum absolute atomic E-state index is 12.2. The van der Waals surface area contributed by atoms with Gasteiger partial charge >= 0.3 is 5.97 Å². The van der Waals surface area contributed by atoms with E-state index in [1.807, 2.05) is 6.07 Å². The number of hydrogen-bond acceptors (Lipinski definition) is 6. The highest BCUT2D eigenvalue weighted by atomic mass is 32.2. The fourth-order valence-electron chi connectivity index (χ4n) is 1.71. The van der Waals surface area contributed by atoms with Crippen molar-refractivity contribution < 1.29 is 18.3 Å². The summed E-state index contributed by atoms with van der Waals surface area (Å²) in [5.41, 5.74) is 0.693. The highest BCUT2D eigenvalue weighted by Gasteiger charge is 2.30. The van der Waals surface area contributed by atoms with Crippen LogP contribution in [0.5, 0.6) is 0 Å². The van der Waals surface area contributed by atoms with Crippen molar-refractivity contribution in [2.75, 3.05) is 0 Å². The molecule has 2 N–H and O–H groups in total. The molecule has 0 unspecified atom stereocenters. The minimum atomic E-state index is -4.02. The molecule has 0 aliphatic rings. The lowest BCUT2D eigenvalue weighted by Crippen LogP contribution is -2.44. The van der Waals surface area contributed by atoms with Crippen LogP contribution in [0.3, 0.4) is 0 Å². The topological polar surface area (TPSA) is 109 Å². The summed E-state index contributed by atoms with van der Waals surface area (Å²) >= 11 is 0.712. The molecular formula is C13H15N3O4S2. The standard InChI is InChI=1S/C13H15N3O4S2/c1-8(2)10(12(17)18)16-22(19,20)13-14-11(15-21-13)9-6-4-3-5-7-9/h3-8,10,16H,1-2H3,(H,17,18)/t10-/m0/s1. The molecule has 1 aromatic carbocycles. The van der Waals surface area contributed by atoms with Crippen molar-refractivity contribution in [3.8, 4) is 11.4 Å². The predicted molar refractivity (Wildman–Crippen MR) is 81.9 cm³/mol. The molecule has 22 heavy (non-hydrogen) atoms. The maximum Gasteiger partial charge on any atom is 0.322 e. The minimum Gasteiger partial charge on any atom is -0.480 e. The molecular weight excluding hydrogens is 326 g/mol. The molecule has 9 heteroatoms. The van der Waals surface area contributed by atoms with E-state index in [4.69, 9.17) is 5.11 Å². The van der Waals surface area contributed by atoms with E-state index < -0.39 is 28.0 Å². The predicted octanol–water partition coefficient (Wildman–Crippen LogP) is 1.59. The Morgan fingerprint density at radius 3 is 2.45 bits per heavy atom. The van der Waals surface area contributed by atoms with Gasteiger partial charge in [-0.05, 0) is 17.5 Å². The zero-order chi connectivity index (χ0) is 16.3. The number of sulfonamides is 1. The summed E-state index contributed by atoms with van der Waals surface area (Å²) in [6.45, 7) is 3.24. The molecule has 0 bridgehead atoms. The van der Waals surface area contributed by atoms with E-state index in [0.29, 0.717) is 22.9 Å². The van der Waals surface area contributed by atoms with Gasteiger partial charge in [-0.3, -0.25) is 4.79 Å².